The Morgan fingerprint density at radius 2 is 1.32 bits per heavy atom. The van der Waals surface area contributed by atoms with Gasteiger partial charge in [0.25, 0.3) is 0 Å². The molecule has 5 rings (SSSR count). The molecule has 0 amide bonds. The predicted molar refractivity (Wildman–Crippen MR) is 175 cm³/mol. The van der Waals surface area contributed by atoms with Gasteiger partial charge in [0.05, 0.1) is 0 Å². The lowest BCUT2D eigenvalue weighted by Crippen LogP contribution is -2.30. The Kier molecular flexibility index (Phi) is 9.52. The van der Waals surface area contributed by atoms with Crippen LogP contribution in [0.15, 0.2) is 146 Å². The second-order valence-electron chi connectivity index (χ2n) is 10.2. The predicted octanol–water partition coefficient (Wildman–Crippen LogP) is 8.57. The van der Waals surface area contributed by atoms with Crippen LogP contribution in [0.4, 0.5) is 17.1 Å². The Labute approximate surface area is 257 Å². The molecular weight excluding hydrogens is 550 g/mol. The number of hydrogen-bond donors (Lipinski definition) is 0. The molecule has 0 aromatic heterocycles. The van der Waals surface area contributed by atoms with Crippen LogP contribution in [0.1, 0.15) is 6.92 Å². The van der Waals surface area contributed by atoms with Gasteiger partial charge in [-0.15, -0.1) is 0 Å². The molecule has 220 valence electrons. The van der Waals surface area contributed by atoms with Gasteiger partial charge in [-0.25, -0.2) is 9.59 Å². The summed E-state index contributed by atoms with van der Waals surface area (Å²) in [5, 5.41) is 2.38. The SMILES string of the molecule is C=CC(=O)OC(COC(=O)C(=C)C)COc1ccc(-c2ccc(N(c3ccccc3)c3ccc4ccccc4c3)cc2)cc1. The van der Waals surface area contributed by atoms with Gasteiger partial charge in [0.2, 0.25) is 0 Å². The summed E-state index contributed by atoms with van der Waals surface area (Å²) in [4.78, 5) is 25.8. The Hall–Kier alpha value is -5.62. The lowest BCUT2D eigenvalue weighted by atomic mass is 10.0. The van der Waals surface area contributed by atoms with Crippen molar-refractivity contribution >= 4 is 39.8 Å². The van der Waals surface area contributed by atoms with Crippen molar-refractivity contribution < 1.29 is 23.8 Å². The zero-order valence-electron chi connectivity index (χ0n) is 24.5. The van der Waals surface area contributed by atoms with Gasteiger partial charge in [-0.3, -0.25) is 0 Å². The summed E-state index contributed by atoms with van der Waals surface area (Å²) in [7, 11) is 0. The van der Waals surface area contributed by atoms with Crippen LogP contribution in [0.25, 0.3) is 21.9 Å². The smallest absolute Gasteiger partial charge is 0.333 e. The van der Waals surface area contributed by atoms with Crippen LogP contribution in [0, 0.1) is 0 Å². The molecule has 0 spiro atoms. The van der Waals surface area contributed by atoms with Crippen LogP contribution >= 0.6 is 0 Å². The van der Waals surface area contributed by atoms with Crippen molar-refractivity contribution in [1.29, 1.82) is 0 Å². The summed E-state index contributed by atoms with van der Waals surface area (Å²) >= 11 is 0. The van der Waals surface area contributed by atoms with E-state index in [9.17, 15) is 9.59 Å². The van der Waals surface area contributed by atoms with E-state index in [1.807, 2.05) is 42.5 Å². The van der Waals surface area contributed by atoms with Gasteiger partial charge < -0.3 is 19.1 Å². The first-order valence-corrected chi connectivity index (χ1v) is 14.2. The Morgan fingerprint density at radius 1 is 0.727 bits per heavy atom. The summed E-state index contributed by atoms with van der Waals surface area (Å²) in [5.74, 6) is -0.609. The van der Waals surface area contributed by atoms with Crippen molar-refractivity contribution in [2.45, 2.75) is 13.0 Å². The van der Waals surface area contributed by atoms with E-state index in [0.29, 0.717) is 5.75 Å². The molecule has 0 heterocycles. The molecule has 6 nitrogen and oxygen atoms in total. The number of carbonyl (C=O) groups is 2. The van der Waals surface area contributed by atoms with Crippen molar-refractivity contribution in [3.63, 3.8) is 0 Å². The summed E-state index contributed by atoms with van der Waals surface area (Å²) in [6.07, 6.45) is 0.250. The highest BCUT2D eigenvalue weighted by molar-refractivity contribution is 5.89. The fourth-order valence-electron chi connectivity index (χ4n) is 4.70. The second kappa shape index (κ2) is 14.0. The first-order chi connectivity index (χ1) is 21.4. The van der Waals surface area contributed by atoms with Crippen molar-refractivity contribution in [3.05, 3.63) is 146 Å². The van der Waals surface area contributed by atoms with Crippen LogP contribution in [-0.4, -0.2) is 31.3 Å². The third-order valence-electron chi connectivity index (χ3n) is 6.95. The number of hydrogen-bond acceptors (Lipinski definition) is 6. The largest absolute Gasteiger partial charge is 0.490 e. The van der Waals surface area contributed by atoms with E-state index in [-0.39, 0.29) is 18.8 Å². The van der Waals surface area contributed by atoms with Gasteiger partial charge in [0.1, 0.15) is 19.0 Å². The Morgan fingerprint density at radius 3 is 1.98 bits per heavy atom. The zero-order chi connectivity index (χ0) is 30.9. The summed E-state index contributed by atoms with van der Waals surface area (Å²) < 4.78 is 16.3. The van der Waals surface area contributed by atoms with Gasteiger partial charge in [-0.05, 0) is 77.4 Å². The first kappa shape index (κ1) is 29.9. The van der Waals surface area contributed by atoms with Gasteiger partial charge in [-0.1, -0.05) is 86.0 Å². The summed E-state index contributed by atoms with van der Waals surface area (Å²) in [6.45, 7) is 8.35. The highest BCUT2D eigenvalue weighted by atomic mass is 16.6. The molecular formula is C38H33NO5. The number of fused-ring (bicyclic) bond motifs is 1. The lowest BCUT2D eigenvalue weighted by Gasteiger charge is -2.26. The van der Waals surface area contributed by atoms with Gasteiger partial charge >= 0.3 is 11.9 Å². The molecule has 5 aromatic carbocycles. The monoisotopic (exact) mass is 583 g/mol. The average Bonchev–Trinajstić information content (AvgIpc) is 3.06. The highest BCUT2D eigenvalue weighted by Gasteiger charge is 2.18. The molecule has 5 aromatic rings. The number of esters is 2. The molecule has 0 fully saturated rings. The van der Waals surface area contributed by atoms with Crippen LogP contribution in [0.2, 0.25) is 0 Å². The molecule has 44 heavy (non-hydrogen) atoms. The number of benzene rings is 5. The standard InChI is InChI=1S/C38H33NO5/c1-4-37(40)44-36(26-43-38(41)27(2)3)25-42-35-22-17-30(18-23-35)29-14-19-33(20-15-29)39(32-12-6-5-7-13-32)34-21-16-28-10-8-9-11-31(28)24-34/h4-24,36H,1-2,25-26H2,3H3. The quantitative estimate of drug-likeness (QED) is 0.108. The average molecular weight is 584 g/mol. The zero-order valence-corrected chi connectivity index (χ0v) is 24.5. The van der Waals surface area contributed by atoms with Gasteiger partial charge in [0, 0.05) is 28.7 Å². The third-order valence-corrected chi connectivity index (χ3v) is 6.95. The molecule has 6 heteroatoms. The van der Waals surface area contributed by atoms with E-state index in [1.54, 1.807) is 6.92 Å². The van der Waals surface area contributed by atoms with Crippen molar-refractivity contribution in [1.82, 2.24) is 0 Å². The minimum atomic E-state index is -0.800. The van der Waals surface area contributed by atoms with E-state index in [2.05, 4.69) is 96.9 Å². The van der Waals surface area contributed by atoms with E-state index >= 15 is 0 Å². The van der Waals surface area contributed by atoms with Crippen LogP contribution < -0.4 is 9.64 Å². The van der Waals surface area contributed by atoms with Crippen molar-refractivity contribution in [2.24, 2.45) is 0 Å². The molecule has 0 aliphatic carbocycles. The van der Waals surface area contributed by atoms with E-state index < -0.39 is 18.0 Å². The molecule has 0 aliphatic heterocycles. The van der Waals surface area contributed by atoms with Crippen molar-refractivity contribution in [3.8, 4) is 16.9 Å². The maximum atomic E-state index is 11.8. The molecule has 0 radical (unpaired) electrons. The minimum Gasteiger partial charge on any atom is -0.490 e. The number of carbonyl (C=O) groups excluding carboxylic acids is 2. The van der Waals surface area contributed by atoms with Crippen LogP contribution in [0.3, 0.4) is 0 Å². The van der Waals surface area contributed by atoms with Crippen LogP contribution in [-0.2, 0) is 19.1 Å². The first-order valence-electron chi connectivity index (χ1n) is 14.2. The molecule has 0 saturated carbocycles. The molecule has 0 saturated heterocycles. The number of ether oxygens (including phenoxy) is 3. The Balaban J connectivity index is 1.30. The second-order valence-corrected chi connectivity index (χ2v) is 10.2. The van der Waals surface area contributed by atoms with E-state index in [0.717, 1.165) is 34.3 Å². The molecule has 0 bridgehead atoms. The number of para-hydroxylation sites is 1. The van der Waals surface area contributed by atoms with E-state index in [1.165, 1.54) is 10.8 Å². The fraction of sp³-hybridized carbons (Fsp3) is 0.105. The topological polar surface area (TPSA) is 65.1 Å². The maximum Gasteiger partial charge on any atom is 0.333 e. The number of anilines is 3. The fourth-order valence-corrected chi connectivity index (χ4v) is 4.70. The lowest BCUT2D eigenvalue weighted by molar-refractivity contribution is -0.154. The maximum absolute atomic E-state index is 11.8. The minimum absolute atomic E-state index is 0.00118. The Bertz CT molecular complexity index is 1760. The van der Waals surface area contributed by atoms with Crippen molar-refractivity contribution in [2.75, 3.05) is 18.1 Å². The normalized spacial score (nSPS) is 11.3. The van der Waals surface area contributed by atoms with Crippen LogP contribution in [0.5, 0.6) is 5.75 Å². The number of rotatable bonds is 12. The molecule has 0 N–H and O–H groups in total. The summed E-state index contributed by atoms with van der Waals surface area (Å²) in [5.41, 5.74) is 5.52. The third kappa shape index (κ3) is 7.41. The molecule has 1 unspecified atom stereocenters. The molecule has 0 aliphatic rings. The molecule has 1 atom stereocenters. The number of nitrogens with zero attached hydrogens (tertiary/aromatic N) is 1. The summed E-state index contributed by atoms with van der Waals surface area (Å²) in [6, 6.07) is 41.3. The van der Waals surface area contributed by atoms with Gasteiger partial charge in [0.15, 0.2) is 6.10 Å². The highest BCUT2D eigenvalue weighted by Crippen LogP contribution is 2.37. The van der Waals surface area contributed by atoms with Gasteiger partial charge in [-0.2, -0.15) is 0 Å². The van der Waals surface area contributed by atoms with E-state index in [4.69, 9.17) is 14.2 Å².